The van der Waals surface area contributed by atoms with Crippen molar-refractivity contribution >= 4 is 37.0 Å². The number of aromatic amines is 1. The van der Waals surface area contributed by atoms with Crippen molar-refractivity contribution in [3.05, 3.63) is 17.3 Å². The van der Waals surface area contributed by atoms with Gasteiger partial charge in [-0.1, -0.05) is 19.3 Å². The van der Waals surface area contributed by atoms with Crippen LogP contribution in [0, 0.1) is 6.92 Å². The van der Waals surface area contributed by atoms with Crippen molar-refractivity contribution in [1.29, 1.82) is 0 Å². The second-order valence-corrected chi connectivity index (χ2v) is 4.79. The summed E-state index contributed by atoms with van der Waals surface area (Å²) in [5.41, 5.74) is 4.56. The van der Waals surface area contributed by atoms with Gasteiger partial charge in [-0.25, -0.2) is 4.98 Å². The number of fused-ring (bicyclic) bond motifs is 1. The zero-order chi connectivity index (χ0) is 11.2. The average Bonchev–Trinajstić information content (AvgIpc) is 2.40. The van der Waals surface area contributed by atoms with Gasteiger partial charge in [-0.05, 0) is 24.5 Å². The van der Waals surface area contributed by atoms with Crippen LogP contribution in [-0.2, 0) is 0 Å². The van der Waals surface area contributed by atoms with Crippen molar-refractivity contribution in [2.24, 2.45) is 0 Å². The summed E-state index contributed by atoms with van der Waals surface area (Å²) in [7, 11) is 2.13. The highest BCUT2D eigenvalue weighted by Gasteiger charge is 2.14. The molecule has 2 aromatic heterocycles. The van der Waals surface area contributed by atoms with Crippen LogP contribution in [0.25, 0.3) is 11.0 Å². The number of pyridine rings is 1. The Balaban J connectivity index is 2.87. The summed E-state index contributed by atoms with van der Waals surface area (Å²) in [6.45, 7) is 6.38. The minimum atomic E-state index is 0.467. The zero-order valence-corrected chi connectivity index (χ0v) is 10.4. The van der Waals surface area contributed by atoms with Gasteiger partial charge in [0, 0.05) is 11.1 Å². The van der Waals surface area contributed by atoms with Crippen LogP contribution in [0.3, 0.4) is 0 Å². The quantitative estimate of drug-likeness (QED) is 0.551. The Morgan fingerprint density at radius 3 is 2.73 bits per heavy atom. The van der Waals surface area contributed by atoms with Crippen molar-refractivity contribution < 1.29 is 0 Å². The monoisotopic (exact) mass is 218 g/mol. The molecule has 0 aliphatic carbocycles. The molecule has 0 bridgehead atoms. The molecule has 0 aromatic carbocycles. The van der Waals surface area contributed by atoms with Gasteiger partial charge >= 0.3 is 0 Å². The second-order valence-electron chi connectivity index (χ2n) is 4.35. The molecule has 2 heterocycles. The highest BCUT2D eigenvalue weighted by atomic mass is 32.1. The SMILES string of the molecule is Bc1cc(C)nc2[nH]c(S)c(C(C)C)c12. The Hall–Kier alpha value is -0.895. The van der Waals surface area contributed by atoms with Crippen LogP contribution in [0.2, 0.25) is 0 Å². The normalized spacial score (nSPS) is 11.5. The molecule has 0 aliphatic rings. The summed E-state index contributed by atoms with van der Waals surface area (Å²) < 4.78 is 0. The summed E-state index contributed by atoms with van der Waals surface area (Å²) in [6, 6.07) is 2.12. The molecule has 1 N–H and O–H groups in total. The van der Waals surface area contributed by atoms with E-state index < -0.39 is 0 Å². The van der Waals surface area contributed by atoms with E-state index in [0.717, 1.165) is 16.4 Å². The molecule has 0 saturated carbocycles. The van der Waals surface area contributed by atoms with Gasteiger partial charge in [0.05, 0.1) is 5.03 Å². The minimum Gasteiger partial charge on any atom is -0.334 e. The Kier molecular flexibility index (Phi) is 2.55. The van der Waals surface area contributed by atoms with Gasteiger partial charge in [-0.3, -0.25) is 0 Å². The van der Waals surface area contributed by atoms with Crippen LogP contribution in [0.5, 0.6) is 0 Å². The molecular weight excluding hydrogens is 203 g/mol. The number of thiol groups is 1. The lowest BCUT2D eigenvalue weighted by molar-refractivity contribution is 0.847. The number of rotatable bonds is 1. The van der Waals surface area contributed by atoms with E-state index in [4.69, 9.17) is 0 Å². The first-order valence-corrected chi connectivity index (χ1v) is 5.64. The van der Waals surface area contributed by atoms with Gasteiger partial charge in [0.2, 0.25) is 0 Å². The summed E-state index contributed by atoms with van der Waals surface area (Å²) in [5, 5.41) is 2.18. The lowest BCUT2D eigenvalue weighted by Crippen LogP contribution is -2.07. The molecule has 0 radical (unpaired) electrons. The van der Waals surface area contributed by atoms with E-state index in [1.807, 2.05) is 6.92 Å². The first-order valence-electron chi connectivity index (χ1n) is 5.19. The van der Waals surface area contributed by atoms with E-state index in [2.05, 4.69) is 50.4 Å². The number of nitrogens with one attached hydrogen (secondary N) is 1. The van der Waals surface area contributed by atoms with E-state index in [-0.39, 0.29) is 0 Å². The maximum atomic E-state index is 4.50. The fraction of sp³-hybridized carbons (Fsp3) is 0.364. The molecular formula is C11H15BN2S. The number of hydrogen-bond acceptors (Lipinski definition) is 2. The molecule has 0 fully saturated rings. The van der Waals surface area contributed by atoms with Crippen LogP contribution in [-0.4, -0.2) is 17.8 Å². The van der Waals surface area contributed by atoms with E-state index in [1.165, 1.54) is 16.4 Å². The Morgan fingerprint density at radius 1 is 1.47 bits per heavy atom. The van der Waals surface area contributed by atoms with Crippen molar-refractivity contribution in [3.8, 4) is 0 Å². The Labute approximate surface area is 96.3 Å². The predicted octanol–water partition coefficient (Wildman–Crippen LogP) is 1.54. The maximum absolute atomic E-state index is 4.50. The van der Waals surface area contributed by atoms with Crippen LogP contribution in [0.1, 0.15) is 31.0 Å². The molecule has 0 spiro atoms. The zero-order valence-electron chi connectivity index (χ0n) is 9.55. The van der Waals surface area contributed by atoms with Crippen LogP contribution < -0.4 is 5.46 Å². The lowest BCUT2D eigenvalue weighted by Gasteiger charge is -2.06. The summed E-state index contributed by atoms with van der Waals surface area (Å²) in [5.74, 6) is 0.467. The highest BCUT2D eigenvalue weighted by molar-refractivity contribution is 7.80. The third-order valence-electron chi connectivity index (χ3n) is 2.68. The fourth-order valence-corrected chi connectivity index (χ4v) is 2.60. The van der Waals surface area contributed by atoms with E-state index in [0.29, 0.717) is 5.92 Å². The van der Waals surface area contributed by atoms with Gasteiger partial charge in [0.25, 0.3) is 0 Å². The van der Waals surface area contributed by atoms with Gasteiger partial charge in [-0.2, -0.15) is 0 Å². The van der Waals surface area contributed by atoms with Crippen LogP contribution >= 0.6 is 12.6 Å². The number of aryl methyl sites for hydroxylation is 1. The Bertz CT molecular complexity index is 517. The second kappa shape index (κ2) is 3.60. The number of nitrogens with zero attached hydrogens (tertiary/aromatic N) is 1. The largest absolute Gasteiger partial charge is 0.334 e. The van der Waals surface area contributed by atoms with Crippen molar-refractivity contribution in [2.45, 2.75) is 31.7 Å². The van der Waals surface area contributed by atoms with Crippen molar-refractivity contribution in [3.63, 3.8) is 0 Å². The molecule has 0 unspecified atom stereocenters. The van der Waals surface area contributed by atoms with Gasteiger partial charge in [-0.15, -0.1) is 12.6 Å². The molecule has 0 saturated heterocycles. The minimum absolute atomic E-state index is 0.467. The van der Waals surface area contributed by atoms with Crippen molar-refractivity contribution in [2.75, 3.05) is 0 Å². The highest BCUT2D eigenvalue weighted by Crippen LogP contribution is 2.29. The van der Waals surface area contributed by atoms with Gasteiger partial charge in [0.1, 0.15) is 13.5 Å². The molecule has 2 nitrogen and oxygen atoms in total. The molecule has 4 heteroatoms. The summed E-state index contributed by atoms with van der Waals surface area (Å²) in [6.07, 6.45) is 0. The smallest absolute Gasteiger partial charge is 0.140 e. The Morgan fingerprint density at radius 2 is 2.13 bits per heavy atom. The van der Waals surface area contributed by atoms with E-state index >= 15 is 0 Å². The van der Waals surface area contributed by atoms with Gasteiger partial charge < -0.3 is 4.98 Å². The lowest BCUT2D eigenvalue weighted by atomic mass is 9.89. The predicted molar refractivity (Wildman–Crippen MR) is 70.3 cm³/mol. The maximum Gasteiger partial charge on any atom is 0.140 e. The molecule has 15 heavy (non-hydrogen) atoms. The number of H-pyrrole nitrogens is 1. The third kappa shape index (κ3) is 1.67. The van der Waals surface area contributed by atoms with E-state index in [1.54, 1.807) is 0 Å². The van der Waals surface area contributed by atoms with Crippen LogP contribution in [0.4, 0.5) is 0 Å². The summed E-state index contributed by atoms with van der Waals surface area (Å²) in [4.78, 5) is 7.74. The molecule has 78 valence electrons. The molecule has 2 aromatic rings. The summed E-state index contributed by atoms with van der Waals surface area (Å²) >= 11 is 4.48. The molecule has 0 atom stereocenters. The first-order chi connectivity index (χ1) is 7.00. The molecule has 0 amide bonds. The fourth-order valence-electron chi connectivity index (χ4n) is 2.13. The van der Waals surface area contributed by atoms with Crippen LogP contribution in [0.15, 0.2) is 11.1 Å². The average molecular weight is 218 g/mol. The van der Waals surface area contributed by atoms with E-state index in [9.17, 15) is 0 Å². The molecule has 2 rings (SSSR count). The third-order valence-corrected chi connectivity index (χ3v) is 3.04. The topological polar surface area (TPSA) is 28.7 Å². The number of hydrogen-bond donors (Lipinski definition) is 2. The molecule has 0 aliphatic heterocycles. The van der Waals surface area contributed by atoms with Gasteiger partial charge in [0.15, 0.2) is 0 Å². The standard InChI is InChI=1S/C11H15BN2S/c1-5(2)8-9-7(12)4-6(3)13-10(9)14-11(8)15/h4-5,15H,12H2,1-3H3,(H,13,14). The van der Waals surface area contributed by atoms with Crippen molar-refractivity contribution in [1.82, 2.24) is 9.97 Å². The first kappa shape index (κ1) is 10.6. The number of aromatic nitrogens is 2.